The van der Waals surface area contributed by atoms with Crippen LogP contribution in [0, 0.1) is 11.8 Å². The Balaban J connectivity index is 1.39. The zero-order valence-corrected chi connectivity index (χ0v) is 15.2. The summed E-state index contributed by atoms with van der Waals surface area (Å²) < 4.78 is 11.6. The first kappa shape index (κ1) is 17.5. The van der Waals surface area contributed by atoms with Gasteiger partial charge in [-0.05, 0) is 72.8 Å². The third-order valence-electron chi connectivity index (χ3n) is 4.02. The van der Waals surface area contributed by atoms with Gasteiger partial charge in [0, 0.05) is 11.1 Å². The lowest BCUT2D eigenvalue weighted by atomic mass is 10.1. The van der Waals surface area contributed by atoms with Crippen molar-refractivity contribution in [3.8, 4) is 34.8 Å². The molecule has 4 aromatic rings. The van der Waals surface area contributed by atoms with Gasteiger partial charge in [-0.2, -0.15) is 0 Å². The second kappa shape index (κ2) is 8.62. The summed E-state index contributed by atoms with van der Waals surface area (Å²) in [6.45, 7) is 0. The van der Waals surface area contributed by atoms with E-state index in [9.17, 15) is 0 Å². The molecule has 134 valence electrons. The largest absolute Gasteiger partial charge is 0.457 e. The SMILES string of the molecule is C(#Cc1ccc(Oc2ccccc2)cc1)c1ccc(Oc2ccccc2)cc1. The monoisotopic (exact) mass is 362 g/mol. The molecule has 28 heavy (non-hydrogen) atoms. The van der Waals surface area contributed by atoms with Gasteiger partial charge in [-0.3, -0.25) is 0 Å². The first-order valence-electron chi connectivity index (χ1n) is 9.03. The van der Waals surface area contributed by atoms with Crippen LogP contribution in [0.25, 0.3) is 0 Å². The number of para-hydroxylation sites is 2. The van der Waals surface area contributed by atoms with Gasteiger partial charge in [-0.1, -0.05) is 48.2 Å². The highest BCUT2D eigenvalue weighted by Crippen LogP contribution is 2.22. The van der Waals surface area contributed by atoms with E-state index in [4.69, 9.17) is 9.47 Å². The molecule has 2 heteroatoms. The summed E-state index contributed by atoms with van der Waals surface area (Å²) in [7, 11) is 0. The summed E-state index contributed by atoms with van der Waals surface area (Å²) in [5, 5.41) is 0. The fraction of sp³-hybridized carbons (Fsp3) is 0. The fourth-order valence-corrected chi connectivity index (χ4v) is 2.61. The van der Waals surface area contributed by atoms with Crippen LogP contribution in [0.1, 0.15) is 11.1 Å². The van der Waals surface area contributed by atoms with Gasteiger partial charge in [0.05, 0.1) is 0 Å². The minimum atomic E-state index is 0.791. The Kier molecular flexibility index (Phi) is 5.37. The van der Waals surface area contributed by atoms with E-state index in [0.717, 1.165) is 34.1 Å². The lowest BCUT2D eigenvalue weighted by Gasteiger charge is -2.05. The Hall–Kier alpha value is -3.96. The van der Waals surface area contributed by atoms with Gasteiger partial charge in [0.1, 0.15) is 23.0 Å². The average molecular weight is 362 g/mol. The standard InChI is InChI=1S/C26H18O2/c1-3-7-23(8-4-1)27-25-17-13-21(14-18-25)11-12-22-15-19-26(20-16-22)28-24-9-5-2-6-10-24/h1-10,13-20H. The van der Waals surface area contributed by atoms with E-state index in [2.05, 4.69) is 11.8 Å². The summed E-state index contributed by atoms with van der Waals surface area (Å²) in [6, 6.07) is 35.0. The molecular weight excluding hydrogens is 344 g/mol. The Bertz CT molecular complexity index is 983. The van der Waals surface area contributed by atoms with E-state index in [1.54, 1.807) is 0 Å². The van der Waals surface area contributed by atoms with Crippen molar-refractivity contribution < 1.29 is 9.47 Å². The van der Waals surface area contributed by atoms with Crippen LogP contribution >= 0.6 is 0 Å². The zero-order valence-electron chi connectivity index (χ0n) is 15.2. The van der Waals surface area contributed by atoms with Crippen molar-refractivity contribution >= 4 is 0 Å². The number of benzene rings is 4. The summed E-state index contributed by atoms with van der Waals surface area (Å²) in [5.74, 6) is 9.57. The molecular formula is C26H18O2. The maximum absolute atomic E-state index is 5.80. The fourth-order valence-electron chi connectivity index (χ4n) is 2.61. The van der Waals surface area contributed by atoms with E-state index in [0.29, 0.717) is 0 Å². The Morgan fingerprint density at radius 2 is 0.679 bits per heavy atom. The van der Waals surface area contributed by atoms with Gasteiger partial charge < -0.3 is 9.47 Å². The van der Waals surface area contributed by atoms with Gasteiger partial charge in [0.2, 0.25) is 0 Å². The van der Waals surface area contributed by atoms with Crippen molar-refractivity contribution in [2.75, 3.05) is 0 Å². The molecule has 0 bridgehead atoms. The van der Waals surface area contributed by atoms with Gasteiger partial charge >= 0.3 is 0 Å². The smallest absolute Gasteiger partial charge is 0.127 e. The van der Waals surface area contributed by atoms with Crippen LogP contribution in [0.4, 0.5) is 0 Å². The first-order valence-corrected chi connectivity index (χ1v) is 9.03. The van der Waals surface area contributed by atoms with E-state index in [1.165, 1.54) is 0 Å². The molecule has 0 aliphatic heterocycles. The molecule has 0 atom stereocenters. The van der Waals surface area contributed by atoms with Crippen LogP contribution in [-0.4, -0.2) is 0 Å². The molecule has 0 saturated carbocycles. The van der Waals surface area contributed by atoms with Crippen molar-refractivity contribution in [2.24, 2.45) is 0 Å². The number of ether oxygens (including phenoxy) is 2. The first-order chi connectivity index (χ1) is 13.8. The molecule has 4 aromatic carbocycles. The third kappa shape index (κ3) is 4.81. The number of hydrogen-bond donors (Lipinski definition) is 0. The highest BCUT2D eigenvalue weighted by molar-refractivity contribution is 5.46. The van der Waals surface area contributed by atoms with Crippen LogP contribution < -0.4 is 9.47 Å². The number of hydrogen-bond acceptors (Lipinski definition) is 2. The molecule has 0 unspecified atom stereocenters. The Morgan fingerprint density at radius 3 is 1.04 bits per heavy atom. The predicted octanol–water partition coefficient (Wildman–Crippen LogP) is 6.67. The summed E-state index contributed by atoms with van der Waals surface area (Å²) in [4.78, 5) is 0. The molecule has 2 nitrogen and oxygen atoms in total. The molecule has 0 fully saturated rings. The van der Waals surface area contributed by atoms with Crippen molar-refractivity contribution in [3.05, 3.63) is 120 Å². The molecule has 0 heterocycles. The molecule has 0 spiro atoms. The van der Waals surface area contributed by atoms with Crippen LogP contribution in [0.2, 0.25) is 0 Å². The normalized spacial score (nSPS) is 9.86. The van der Waals surface area contributed by atoms with Crippen LogP contribution in [-0.2, 0) is 0 Å². The highest BCUT2D eigenvalue weighted by atomic mass is 16.5. The average Bonchev–Trinajstić information content (AvgIpc) is 2.76. The quantitative estimate of drug-likeness (QED) is 0.377. The number of rotatable bonds is 4. The summed E-state index contributed by atoms with van der Waals surface area (Å²) in [6.07, 6.45) is 0. The van der Waals surface area contributed by atoms with Gasteiger partial charge in [0.25, 0.3) is 0 Å². The maximum Gasteiger partial charge on any atom is 0.127 e. The van der Waals surface area contributed by atoms with Crippen LogP contribution in [0.3, 0.4) is 0 Å². The molecule has 4 rings (SSSR count). The summed E-state index contributed by atoms with van der Waals surface area (Å²) >= 11 is 0. The second-order valence-corrected chi connectivity index (χ2v) is 6.13. The zero-order chi connectivity index (χ0) is 19.0. The van der Waals surface area contributed by atoms with Gasteiger partial charge in [0.15, 0.2) is 0 Å². The molecule has 0 saturated heterocycles. The van der Waals surface area contributed by atoms with Crippen LogP contribution in [0.15, 0.2) is 109 Å². The minimum absolute atomic E-state index is 0.791. The molecule has 0 aliphatic carbocycles. The molecule has 0 amide bonds. The third-order valence-corrected chi connectivity index (χ3v) is 4.02. The predicted molar refractivity (Wildman–Crippen MR) is 112 cm³/mol. The van der Waals surface area contributed by atoms with E-state index < -0.39 is 0 Å². The van der Waals surface area contributed by atoms with Crippen molar-refractivity contribution in [2.45, 2.75) is 0 Å². The topological polar surface area (TPSA) is 18.5 Å². The van der Waals surface area contributed by atoms with Gasteiger partial charge in [-0.25, -0.2) is 0 Å². The molecule has 0 radical (unpaired) electrons. The van der Waals surface area contributed by atoms with E-state index in [1.807, 2.05) is 109 Å². The molecule has 0 aliphatic rings. The Labute approximate surface area is 165 Å². The van der Waals surface area contributed by atoms with E-state index >= 15 is 0 Å². The molecule has 0 N–H and O–H groups in total. The van der Waals surface area contributed by atoms with Crippen LogP contribution in [0.5, 0.6) is 23.0 Å². The van der Waals surface area contributed by atoms with Gasteiger partial charge in [-0.15, -0.1) is 0 Å². The second-order valence-electron chi connectivity index (χ2n) is 6.13. The highest BCUT2D eigenvalue weighted by Gasteiger charge is 1.97. The van der Waals surface area contributed by atoms with E-state index in [-0.39, 0.29) is 0 Å². The molecule has 0 aromatic heterocycles. The lowest BCUT2D eigenvalue weighted by Crippen LogP contribution is -1.84. The minimum Gasteiger partial charge on any atom is -0.457 e. The summed E-state index contributed by atoms with van der Waals surface area (Å²) in [5.41, 5.74) is 1.87. The lowest BCUT2D eigenvalue weighted by molar-refractivity contribution is 0.482. The van der Waals surface area contributed by atoms with Crippen molar-refractivity contribution in [1.82, 2.24) is 0 Å². The van der Waals surface area contributed by atoms with Crippen molar-refractivity contribution in [3.63, 3.8) is 0 Å². The maximum atomic E-state index is 5.80. The Morgan fingerprint density at radius 1 is 0.357 bits per heavy atom. The van der Waals surface area contributed by atoms with Crippen molar-refractivity contribution in [1.29, 1.82) is 0 Å².